The molecule has 0 spiro atoms. The molecule has 0 atom stereocenters. The van der Waals surface area contributed by atoms with Crippen molar-refractivity contribution < 1.29 is 9.59 Å². The zero-order valence-corrected chi connectivity index (χ0v) is 16.4. The van der Waals surface area contributed by atoms with Gasteiger partial charge in [0.25, 0.3) is 0 Å². The third kappa shape index (κ3) is 5.97. The lowest BCUT2D eigenvalue weighted by atomic mass is 9.87. The van der Waals surface area contributed by atoms with Gasteiger partial charge in [-0.2, -0.15) is 0 Å². The van der Waals surface area contributed by atoms with E-state index in [1.165, 1.54) is 51.4 Å². The quantitative estimate of drug-likeness (QED) is 0.835. The van der Waals surface area contributed by atoms with Crippen molar-refractivity contribution in [3.8, 4) is 0 Å². The van der Waals surface area contributed by atoms with Crippen molar-refractivity contribution in [3.05, 3.63) is 0 Å². The maximum Gasteiger partial charge on any atom is 0.234 e. The van der Waals surface area contributed by atoms with E-state index in [1.54, 1.807) is 0 Å². The number of carbonyl (C=O) groups is 2. The second-order valence-corrected chi connectivity index (χ2v) is 8.55. The first kappa shape index (κ1) is 19.7. The molecule has 1 N–H and O–H groups in total. The molecule has 0 unspecified atom stereocenters. The van der Waals surface area contributed by atoms with Crippen molar-refractivity contribution in [1.29, 1.82) is 0 Å². The Morgan fingerprint density at radius 3 is 1.96 bits per heavy atom. The van der Waals surface area contributed by atoms with E-state index in [9.17, 15) is 9.59 Å². The molecule has 0 aromatic rings. The third-order valence-corrected chi connectivity index (χ3v) is 6.44. The van der Waals surface area contributed by atoms with Crippen LogP contribution < -0.4 is 5.32 Å². The Hall–Kier alpha value is -1.10. The smallest absolute Gasteiger partial charge is 0.234 e. The van der Waals surface area contributed by atoms with Gasteiger partial charge in [0.05, 0.1) is 6.54 Å². The number of nitrogens with one attached hydrogen (secondary N) is 1. The number of nitrogens with zero attached hydrogens (tertiary/aromatic N) is 2. The molecule has 3 rings (SSSR count). The highest BCUT2D eigenvalue weighted by Crippen LogP contribution is 2.26. The number of hydrogen-bond acceptors (Lipinski definition) is 3. The Kier molecular flexibility index (Phi) is 7.78. The van der Waals surface area contributed by atoms with Crippen molar-refractivity contribution in [2.24, 2.45) is 5.92 Å². The second-order valence-electron chi connectivity index (χ2n) is 8.55. The molecule has 148 valence electrons. The van der Waals surface area contributed by atoms with E-state index in [-0.39, 0.29) is 17.9 Å². The minimum absolute atomic E-state index is 0.169. The Balaban J connectivity index is 1.36. The van der Waals surface area contributed by atoms with Crippen LogP contribution in [0.3, 0.4) is 0 Å². The molecule has 5 nitrogen and oxygen atoms in total. The van der Waals surface area contributed by atoms with Gasteiger partial charge in [0.1, 0.15) is 0 Å². The van der Waals surface area contributed by atoms with Crippen molar-refractivity contribution >= 4 is 11.8 Å². The molecular weight excluding hydrogens is 326 g/mol. The van der Waals surface area contributed by atoms with Crippen LogP contribution in [-0.2, 0) is 9.59 Å². The second kappa shape index (κ2) is 10.3. The van der Waals surface area contributed by atoms with Crippen LogP contribution >= 0.6 is 0 Å². The summed E-state index contributed by atoms with van der Waals surface area (Å²) in [5.41, 5.74) is 0. The number of amides is 2. The Morgan fingerprint density at radius 1 is 0.731 bits per heavy atom. The van der Waals surface area contributed by atoms with Crippen LogP contribution in [0.25, 0.3) is 0 Å². The Bertz CT molecular complexity index is 446. The lowest BCUT2D eigenvalue weighted by Gasteiger charge is -2.35. The lowest BCUT2D eigenvalue weighted by molar-refractivity contribution is -0.137. The van der Waals surface area contributed by atoms with Crippen molar-refractivity contribution in [2.45, 2.75) is 83.1 Å². The summed E-state index contributed by atoms with van der Waals surface area (Å²) in [6.45, 7) is 4.28. The topological polar surface area (TPSA) is 52.7 Å². The first-order valence-electron chi connectivity index (χ1n) is 11.0. The zero-order chi connectivity index (χ0) is 18.2. The van der Waals surface area contributed by atoms with Gasteiger partial charge in [0.15, 0.2) is 0 Å². The van der Waals surface area contributed by atoms with E-state index in [0.29, 0.717) is 12.5 Å². The van der Waals surface area contributed by atoms with E-state index < -0.39 is 0 Å². The van der Waals surface area contributed by atoms with E-state index in [2.05, 4.69) is 15.1 Å². The first-order chi connectivity index (χ1) is 12.7. The standard InChI is InChI=1S/C21H37N3O2/c25-20(17-23-13-7-2-1-3-8-14-23)22-19-11-15-24(16-12-19)21(26)18-9-5-4-6-10-18/h18-19H,1-17H2,(H,22,25). The highest BCUT2D eigenvalue weighted by Gasteiger charge is 2.29. The van der Waals surface area contributed by atoms with Gasteiger partial charge in [-0.05, 0) is 51.6 Å². The largest absolute Gasteiger partial charge is 0.352 e. The molecule has 5 heteroatoms. The molecule has 0 bridgehead atoms. The molecule has 2 aliphatic heterocycles. The fraction of sp³-hybridized carbons (Fsp3) is 0.905. The molecule has 2 heterocycles. The molecule has 1 aliphatic carbocycles. The van der Waals surface area contributed by atoms with E-state index in [4.69, 9.17) is 0 Å². The molecular formula is C21H37N3O2. The number of hydrogen-bond donors (Lipinski definition) is 1. The van der Waals surface area contributed by atoms with Gasteiger partial charge < -0.3 is 10.2 Å². The zero-order valence-electron chi connectivity index (χ0n) is 16.4. The SMILES string of the molecule is O=C(CN1CCCCCCC1)NC1CCN(C(=O)C2CCCCC2)CC1. The van der Waals surface area contributed by atoms with Crippen LogP contribution in [0.4, 0.5) is 0 Å². The minimum atomic E-state index is 0.169. The molecule has 0 aromatic carbocycles. The maximum atomic E-state index is 12.6. The van der Waals surface area contributed by atoms with Gasteiger partial charge in [0.2, 0.25) is 11.8 Å². The van der Waals surface area contributed by atoms with Crippen molar-refractivity contribution in [2.75, 3.05) is 32.7 Å². The van der Waals surface area contributed by atoms with Crippen LogP contribution in [0.1, 0.15) is 77.0 Å². The third-order valence-electron chi connectivity index (χ3n) is 6.44. The summed E-state index contributed by atoms with van der Waals surface area (Å²) in [6.07, 6.45) is 14.0. The Morgan fingerprint density at radius 2 is 1.31 bits per heavy atom. The Labute approximate surface area is 158 Å². The highest BCUT2D eigenvalue weighted by atomic mass is 16.2. The molecule has 0 aromatic heterocycles. The van der Waals surface area contributed by atoms with E-state index >= 15 is 0 Å². The molecule has 26 heavy (non-hydrogen) atoms. The molecule has 0 radical (unpaired) electrons. The minimum Gasteiger partial charge on any atom is -0.352 e. The predicted octanol–water partition coefficient (Wildman–Crippen LogP) is 2.94. The molecule has 2 amide bonds. The van der Waals surface area contributed by atoms with Gasteiger partial charge >= 0.3 is 0 Å². The number of likely N-dealkylation sites (tertiary alicyclic amines) is 2. The highest BCUT2D eigenvalue weighted by molar-refractivity contribution is 5.79. The summed E-state index contributed by atoms with van der Waals surface area (Å²) in [4.78, 5) is 29.4. The van der Waals surface area contributed by atoms with Crippen LogP contribution in [-0.4, -0.2) is 60.4 Å². The maximum absolute atomic E-state index is 12.6. The van der Waals surface area contributed by atoms with Gasteiger partial charge in [-0.15, -0.1) is 0 Å². The van der Waals surface area contributed by atoms with Crippen LogP contribution in [0, 0.1) is 5.92 Å². The fourth-order valence-electron chi connectivity index (χ4n) is 4.80. The van der Waals surface area contributed by atoms with Crippen LogP contribution in [0.5, 0.6) is 0 Å². The average molecular weight is 364 g/mol. The summed E-state index contributed by atoms with van der Waals surface area (Å²) in [5, 5.41) is 3.22. The fourth-order valence-corrected chi connectivity index (χ4v) is 4.80. The average Bonchev–Trinajstić information content (AvgIpc) is 2.64. The molecule has 3 aliphatic rings. The summed E-state index contributed by atoms with van der Waals surface area (Å²) in [7, 11) is 0. The lowest BCUT2D eigenvalue weighted by Crippen LogP contribution is -2.50. The predicted molar refractivity (Wildman–Crippen MR) is 104 cm³/mol. The number of rotatable bonds is 4. The molecule has 2 saturated heterocycles. The number of carbonyl (C=O) groups excluding carboxylic acids is 2. The van der Waals surface area contributed by atoms with Crippen LogP contribution in [0.15, 0.2) is 0 Å². The summed E-state index contributed by atoms with van der Waals surface area (Å²) < 4.78 is 0. The van der Waals surface area contributed by atoms with Gasteiger partial charge in [-0.25, -0.2) is 0 Å². The monoisotopic (exact) mass is 363 g/mol. The van der Waals surface area contributed by atoms with Gasteiger partial charge in [0, 0.05) is 25.0 Å². The van der Waals surface area contributed by atoms with Crippen molar-refractivity contribution in [1.82, 2.24) is 15.1 Å². The first-order valence-corrected chi connectivity index (χ1v) is 11.0. The summed E-state index contributed by atoms with van der Waals surface area (Å²) in [5.74, 6) is 0.805. The summed E-state index contributed by atoms with van der Waals surface area (Å²) in [6, 6.07) is 0.243. The number of piperidine rings is 1. The molecule has 1 saturated carbocycles. The van der Waals surface area contributed by atoms with Gasteiger partial charge in [-0.1, -0.05) is 38.5 Å². The van der Waals surface area contributed by atoms with E-state index in [0.717, 1.165) is 51.9 Å². The van der Waals surface area contributed by atoms with Crippen molar-refractivity contribution in [3.63, 3.8) is 0 Å². The van der Waals surface area contributed by atoms with Crippen LogP contribution in [0.2, 0.25) is 0 Å². The molecule has 3 fully saturated rings. The van der Waals surface area contributed by atoms with E-state index in [1.807, 2.05) is 0 Å². The van der Waals surface area contributed by atoms with Gasteiger partial charge in [-0.3, -0.25) is 14.5 Å². The normalized spacial score (nSPS) is 24.7. The summed E-state index contributed by atoms with van der Waals surface area (Å²) >= 11 is 0.